The molecule has 2 amide bonds. The number of rotatable bonds is 4. The molecule has 0 spiro atoms. The minimum atomic E-state index is -0.969. The predicted octanol–water partition coefficient (Wildman–Crippen LogP) is 0.927. The van der Waals surface area contributed by atoms with Crippen molar-refractivity contribution >= 4 is 12.0 Å². The Morgan fingerprint density at radius 2 is 2.00 bits per heavy atom. The number of carbonyl (C=O) groups excluding carboxylic acids is 1. The number of urea groups is 1. The smallest absolute Gasteiger partial charge is 0.323 e. The Morgan fingerprint density at radius 1 is 1.37 bits per heavy atom. The van der Waals surface area contributed by atoms with Gasteiger partial charge < -0.3 is 14.9 Å². The van der Waals surface area contributed by atoms with E-state index in [9.17, 15) is 9.59 Å². The van der Waals surface area contributed by atoms with Gasteiger partial charge in [0.2, 0.25) is 0 Å². The SMILES string of the molecule is CCC1CN(C(=O)N(CC(=O)O)C(C)C)CCN1C. The molecule has 6 nitrogen and oxygen atoms in total. The van der Waals surface area contributed by atoms with Crippen molar-refractivity contribution in [3.63, 3.8) is 0 Å². The Bertz CT molecular complexity index is 333. The molecule has 0 aromatic heterocycles. The zero-order valence-corrected chi connectivity index (χ0v) is 12.3. The fraction of sp³-hybridized carbons (Fsp3) is 0.846. The zero-order valence-electron chi connectivity index (χ0n) is 12.3. The summed E-state index contributed by atoms with van der Waals surface area (Å²) in [6.07, 6.45) is 0.987. The van der Waals surface area contributed by atoms with Crippen molar-refractivity contribution < 1.29 is 14.7 Å². The molecule has 1 fully saturated rings. The molecule has 19 heavy (non-hydrogen) atoms. The van der Waals surface area contributed by atoms with Crippen molar-refractivity contribution in [2.75, 3.05) is 33.2 Å². The monoisotopic (exact) mass is 271 g/mol. The van der Waals surface area contributed by atoms with Crippen LogP contribution in [0.3, 0.4) is 0 Å². The summed E-state index contributed by atoms with van der Waals surface area (Å²) in [6.45, 7) is 7.72. The molecule has 0 aromatic rings. The van der Waals surface area contributed by atoms with Crippen LogP contribution in [0.1, 0.15) is 27.2 Å². The molecule has 1 saturated heterocycles. The van der Waals surface area contributed by atoms with Gasteiger partial charge in [0.15, 0.2) is 0 Å². The molecule has 0 aromatic carbocycles. The van der Waals surface area contributed by atoms with Crippen LogP contribution in [0.2, 0.25) is 0 Å². The van der Waals surface area contributed by atoms with Gasteiger partial charge in [-0.05, 0) is 27.3 Å². The van der Waals surface area contributed by atoms with Crippen molar-refractivity contribution in [1.82, 2.24) is 14.7 Å². The van der Waals surface area contributed by atoms with Crippen LogP contribution in [0.5, 0.6) is 0 Å². The van der Waals surface area contributed by atoms with E-state index in [4.69, 9.17) is 5.11 Å². The summed E-state index contributed by atoms with van der Waals surface area (Å²) in [5, 5.41) is 8.90. The average molecular weight is 271 g/mol. The van der Waals surface area contributed by atoms with Crippen LogP contribution >= 0.6 is 0 Å². The highest BCUT2D eigenvalue weighted by molar-refractivity contribution is 5.80. The molecule has 1 atom stereocenters. The molecule has 1 aliphatic rings. The topological polar surface area (TPSA) is 64.1 Å². The molecule has 0 radical (unpaired) electrons. The van der Waals surface area contributed by atoms with Crippen molar-refractivity contribution in [3.8, 4) is 0 Å². The second-order valence-electron chi connectivity index (χ2n) is 5.39. The lowest BCUT2D eigenvalue weighted by molar-refractivity contribution is -0.138. The van der Waals surface area contributed by atoms with Crippen molar-refractivity contribution in [2.45, 2.75) is 39.3 Å². The molecule has 0 aliphatic carbocycles. The van der Waals surface area contributed by atoms with Gasteiger partial charge in [0.05, 0.1) is 0 Å². The van der Waals surface area contributed by atoms with E-state index in [1.54, 1.807) is 4.90 Å². The van der Waals surface area contributed by atoms with Crippen LogP contribution < -0.4 is 0 Å². The Balaban J connectivity index is 2.71. The molecular formula is C13H25N3O3. The van der Waals surface area contributed by atoms with Gasteiger partial charge in [-0.15, -0.1) is 0 Å². The Morgan fingerprint density at radius 3 is 2.47 bits per heavy atom. The highest BCUT2D eigenvalue weighted by atomic mass is 16.4. The summed E-state index contributed by atoms with van der Waals surface area (Å²) < 4.78 is 0. The van der Waals surface area contributed by atoms with E-state index in [0.29, 0.717) is 19.1 Å². The quantitative estimate of drug-likeness (QED) is 0.826. The first-order valence-electron chi connectivity index (χ1n) is 6.84. The molecule has 6 heteroatoms. The number of carboxylic acids is 1. The lowest BCUT2D eigenvalue weighted by Gasteiger charge is -2.41. The van der Waals surface area contributed by atoms with E-state index in [1.165, 1.54) is 4.90 Å². The summed E-state index contributed by atoms with van der Waals surface area (Å²) in [7, 11) is 2.06. The highest BCUT2D eigenvalue weighted by Crippen LogP contribution is 2.14. The minimum absolute atomic E-state index is 0.108. The largest absolute Gasteiger partial charge is 0.480 e. The Labute approximate surface area is 115 Å². The maximum atomic E-state index is 12.4. The van der Waals surface area contributed by atoms with E-state index in [0.717, 1.165) is 13.0 Å². The number of hydrogen-bond donors (Lipinski definition) is 1. The van der Waals surface area contributed by atoms with E-state index in [1.807, 2.05) is 13.8 Å². The zero-order chi connectivity index (χ0) is 14.6. The molecule has 1 N–H and O–H groups in total. The lowest BCUT2D eigenvalue weighted by atomic mass is 10.1. The number of likely N-dealkylation sites (N-methyl/N-ethyl adjacent to an activating group) is 1. The van der Waals surface area contributed by atoms with Crippen molar-refractivity contribution in [2.24, 2.45) is 0 Å². The van der Waals surface area contributed by atoms with Crippen LogP contribution in [-0.2, 0) is 4.79 Å². The molecule has 0 bridgehead atoms. The summed E-state index contributed by atoms with van der Waals surface area (Å²) >= 11 is 0. The molecule has 1 heterocycles. The fourth-order valence-electron chi connectivity index (χ4n) is 2.36. The second-order valence-corrected chi connectivity index (χ2v) is 5.39. The van der Waals surface area contributed by atoms with Crippen molar-refractivity contribution in [3.05, 3.63) is 0 Å². The van der Waals surface area contributed by atoms with Gasteiger partial charge in [-0.3, -0.25) is 9.69 Å². The van der Waals surface area contributed by atoms with Gasteiger partial charge in [0.25, 0.3) is 0 Å². The maximum absolute atomic E-state index is 12.4. The summed E-state index contributed by atoms with van der Waals surface area (Å²) in [6, 6.07) is 0.0869. The minimum Gasteiger partial charge on any atom is -0.480 e. The number of piperazine rings is 1. The average Bonchev–Trinajstić information content (AvgIpc) is 2.35. The third kappa shape index (κ3) is 4.09. The van der Waals surface area contributed by atoms with Crippen LogP contribution in [-0.4, -0.2) is 77.1 Å². The molecule has 1 rings (SSSR count). The van der Waals surface area contributed by atoms with Gasteiger partial charge in [-0.1, -0.05) is 6.92 Å². The number of hydrogen-bond acceptors (Lipinski definition) is 3. The van der Waals surface area contributed by atoms with E-state index in [2.05, 4.69) is 18.9 Å². The summed E-state index contributed by atoms with van der Waals surface area (Å²) in [5.74, 6) is -0.969. The molecule has 110 valence electrons. The maximum Gasteiger partial charge on any atom is 0.323 e. The highest BCUT2D eigenvalue weighted by Gasteiger charge is 2.30. The van der Waals surface area contributed by atoms with Gasteiger partial charge in [-0.25, -0.2) is 4.79 Å². The molecular weight excluding hydrogens is 246 g/mol. The number of carboxylic acid groups (broad SMARTS) is 1. The Kier molecular flexibility index (Phi) is 5.60. The van der Waals surface area contributed by atoms with E-state index >= 15 is 0 Å². The van der Waals surface area contributed by atoms with Crippen LogP contribution in [0.4, 0.5) is 4.79 Å². The van der Waals surface area contributed by atoms with E-state index in [-0.39, 0.29) is 18.6 Å². The van der Waals surface area contributed by atoms with Gasteiger partial charge in [-0.2, -0.15) is 0 Å². The van der Waals surface area contributed by atoms with Crippen LogP contribution in [0.25, 0.3) is 0 Å². The number of carbonyl (C=O) groups is 2. The first-order chi connectivity index (χ1) is 8.86. The number of aliphatic carboxylic acids is 1. The summed E-state index contributed by atoms with van der Waals surface area (Å²) in [4.78, 5) is 28.7. The molecule has 1 unspecified atom stereocenters. The summed E-state index contributed by atoms with van der Waals surface area (Å²) in [5.41, 5.74) is 0. The third-order valence-corrected chi connectivity index (χ3v) is 3.69. The predicted molar refractivity (Wildman–Crippen MR) is 73.2 cm³/mol. The Hall–Kier alpha value is -1.30. The van der Waals surface area contributed by atoms with Crippen LogP contribution in [0.15, 0.2) is 0 Å². The molecule has 0 saturated carbocycles. The first kappa shape index (κ1) is 15.8. The lowest BCUT2D eigenvalue weighted by Crippen LogP contribution is -2.57. The normalized spacial score (nSPS) is 20.7. The number of amides is 2. The first-order valence-corrected chi connectivity index (χ1v) is 6.84. The van der Waals surface area contributed by atoms with Crippen molar-refractivity contribution in [1.29, 1.82) is 0 Å². The fourth-order valence-corrected chi connectivity index (χ4v) is 2.36. The van der Waals surface area contributed by atoms with Gasteiger partial charge >= 0.3 is 12.0 Å². The molecule has 1 aliphatic heterocycles. The standard InChI is InChI=1S/C13H25N3O3/c1-5-11-8-15(7-6-14(11)4)13(19)16(10(2)3)9-12(17)18/h10-11H,5-9H2,1-4H3,(H,17,18). The second kappa shape index (κ2) is 6.75. The van der Waals surface area contributed by atoms with Gasteiger partial charge in [0.1, 0.15) is 6.54 Å². The third-order valence-electron chi connectivity index (χ3n) is 3.69. The van der Waals surface area contributed by atoms with Gasteiger partial charge in [0, 0.05) is 31.7 Å². The van der Waals surface area contributed by atoms with E-state index < -0.39 is 5.97 Å². The van der Waals surface area contributed by atoms with Crippen LogP contribution in [0, 0.1) is 0 Å². The number of nitrogens with zero attached hydrogens (tertiary/aromatic N) is 3.